The van der Waals surface area contributed by atoms with E-state index in [1.54, 1.807) is 16.4 Å². The van der Waals surface area contributed by atoms with E-state index in [0.29, 0.717) is 6.54 Å². The minimum atomic E-state index is -0.704. The van der Waals surface area contributed by atoms with E-state index < -0.39 is 12.6 Å². The van der Waals surface area contributed by atoms with E-state index in [0.717, 1.165) is 49.3 Å². The van der Waals surface area contributed by atoms with Gasteiger partial charge in [-0.05, 0) is 50.7 Å². The van der Waals surface area contributed by atoms with Crippen molar-refractivity contribution in [1.29, 1.82) is 0 Å². The Morgan fingerprint density at radius 3 is 2.52 bits per heavy atom. The summed E-state index contributed by atoms with van der Waals surface area (Å²) in [6.45, 7) is -0.100. The molecule has 27 heavy (non-hydrogen) atoms. The van der Waals surface area contributed by atoms with Crippen LogP contribution in [-0.2, 0) is 17.8 Å². The molecule has 0 aliphatic rings. The zero-order valence-electron chi connectivity index (χ0n) is 16.3. The van der Waals surface area contributed by atoms with Gasteiger partial charge in [-0.2, -0.15) is 11.8 Å². The van der Waals surface area contributed by atoms with Crippen molar-refractivity contribution in [3.63, 3.8) is 0 Å². The van der Waals surface area contributed by atoms with Crippen LogP contribution in [0.5, 0.6) is 0 Å². The van der Waals surface area contributed by atoms with Crippen molar-refractivity contribution in [3.8, 4) is 0 Å². The number of carboxylic acid groups (broad SMARTS) is 1. The summed E-state index contributed by atoms with van der Waals surface area (Å²) in [4.78, 5) is 10.4. The Labute approximate surface area is 166 Å². The Balaban J connectivity index is 1.81. The monoisotopic (exact) mass is 398 g/mol. The SMILES string of the molecule is O=C(O)CCSCCCC/C=C\CCCCCCCc1cn(CC[18F])nn1. The van der Waals surface area contributed by atoms with E-state index in [9.17, 15) is 9.18 Å². The van der Waals surface area contributed by atoms with Gasteiger partial charge in [0.1, 0.15) is 6.67 Å². The average Bonchev–Trinajstić information content (AvgIpc) is 3.09. The van der Waals surface area contributed by atoms with Crippen molar-refractivity contribution >= 4 is 17.7 Å². The molecule has 5 nitrogen and oxygen atoms in total. The average molecular weight is 399 g/mol. The molecule has 1 aromatic rings. The van der Waals surface area contributed by atoms with Crippen molar-refractivity contribution in [2.45, 2.75) is 77.2 Å². The van der Waals surface area contributed by atoms with Gasteiger partial charge in [0.25, 0.3) is 0 Å². The van der Waals surface area contributed by atoms with E-state index in [4.69, 9.17) is 5.11 Å². The molecule has 0 aliphatic heterocycles. The first-order chi connectivity index (χ1) is 13.2. The lowest BCUT2D eigenvalue weighted by atomic mass is 10.1. The smallest absolute Gasteiger partial charge is 0.304 e. The number of hydrogen-bond donors (Lipinski definition) is 1. The molecule has 1 N–H and O–H groups in total. The normalized spacial score (nSPS) is 11.4. The summed E-state index contributed by atoms with van der Waals surface area (Å²) in [5.74, 6) is 1.09. The Kier molecular flexibility index (Phi) is 14.7. The third-order valence-corrected chi connectivity index (χ3v) is 5.31. The van der Waals surface area contributed by atoms with Gasteiger partial charge in [-0.3, -0.25) is 4.79 Å². The maximum atomic E-state index is 12.2. The third-order valence-electron chi connectivity index (χ3n) is 4.24. The first kappa shape index (κ1) is 23.7. The number of unbranched alkanes of at least 4 members (excludes halogenated alkanes) is 7. The zero-order chi connectivity index (χ0) is 19.6. The van der Waals surface area contributed by atoms with Crippen molar-refractivity contribution in [2.24, 2.45) is 0 Å². The highest BCUT2D eigenvalue weighted by Gasteiger charge is 2.00. The number of aromatic nitrogens is 3. The number of aryl methyl sites for hydroxylation is 2. The van der Waals surface area contributed by atoms with E-state index in [2.05, 4.69) is 22.5 Å². The quantitative estimate of drug-likeness (QED) is 0.276. The Morgan fingerprint density at radius 1 is 1.07 bits per heavy atom. The molecule has 0 aromatic carbocycles. The molecule has 7 heteroatoms. The molecular formula is C20H34FN3O2S. The van der Waals surface area contributed by atoms with Crippen molar-refractivity contribution in [3.05, 3.63) is 24.0 Å². The molecule has 0 fully saturated rings. The van der Waals surface area contributed by atoms with Gasteiger partial charge < -0.3 is 5.11 Å². The minimum Gasteiger partial charge on any atom is -0.481 e. The van der Waals surface area contributed by atoms with Crippen molar-refractivity contribution in [2.75, 3.05) is 18.2 Å². The number of nitrogens with zero attached hydrogens (tertiary/aromatic N) is 3. The highest BCUT2D eigenvalue weighted by Crippen LogP contribution is 2.10. The van der Waals surface area contributed by atoms with Crippen LogP contribution in [0, 0.1) is 0 Å². The van der Waals surface area contributed by atoms with Crippen LogP contribution in [-0.4, -0.2) is 44.3 Å². The van der Waals surface area contributed by atoms with E-state index >= 15 is 0 Å². The summed E-state index contributed by atoms with van der Waals surface area (Å²) in [6, 6.07) is 0. The van der Waals surface area contributed by atoms with Gasteiger partial charge in [-0.1, -0.05) is 36.6 Å². The first-order valence-corrected chi connectivity index (χ1v) is 11.3. The van der Waals surface area contributed by atoms with E-state index in [1.165, 1.54) is 32.1 Å². The number of rotatable bonds is 18. The largest absolute Gasteiger partial charge is 0.481 e. The number of halogens is 1. The van der Waals surface area contributed by atoms with Crippen LogP contribution >= 0.6 is 11.8 Å². The molecule has 0 bridgehead atoms. The molecule has 0 saturated heterocycles. The number of carbonyl (C=O) groups is 1. The van der Waals surface area contributed by atoms with E-state index in [-0.39, 0.29) is 6.42 Å². The molecule has 0 saturated carbocycles. The number of allylic oxidation sites excluding steroid dienone is 2. The number of carboxylic acids is 1. The van der Waals surface area contributed by atoms with Crippen LogP contribution in [0.25, 0.3) is 0 Å². The van der Waals surface area contributed by atoms with E-state index in [1.807, 2.05) is 6.20 Å². The molecule has 0 amide bonds. The Bertz CT molecular complexity index is 523. The third kappa shape index (κ3) is 14.4. The molecule has 154 valence electrons. The lowest BCUT2D eigenvalue weighted by Crippen LogP contribution is -1.99. The van der Waals surface area contributed by atoms with Gasteiger partial charge in [0.15, 0.2) is 0 Å². The summed E-state index contributed by atoms with van der Waals surface area (Å²) < 4.78 is 13.8. The number of alkyl halides is 1. The predicted octanol–water partition coefficient (Wildman–Crippen LogP) is 5.07. The van der Waals surface area contributed by atoms with Crippen LogP contribution < -0.4 is 0 Å². The topological polar surface area (TPSA) is 68.0 Å². The zero-order valence-corrected chi connectivity index (χ0v) is 17.1. The molecule has 0 spiro atoms. The number of hydrogen-bond acceptors (Lipinski definition) is 4. The summed E-state index contributed by atoms with van der Waals surface area (Å²) in [5, 5.41) is 16.5. The number of thioether (sulfide) groups is 1. The molecule has 0 aliphatic carbocycles. The van der Waals surface area contributed by atoms with Gasteiger partial charge >= 0.3 is 5.97 Å². The lowest BCUT2D eigenvalue weighted by molar-refractivity contribution is -0.136. The van der Waals surface area contributed by atoms with Gasteiger partial charge in [-0.15, -0.1) is 5.10 Å². The minimum absolute atomic E-state index is 0.270. The molecular weight excluding hydrogens is 364 g/mol. The van der Waals surface area contributed by atoms with Crippen molar-refractivity contribution in [1.82, 2.24) is 15.0 Å². The van der Waals surface area contributed by atoms with Crippen LogP contribution in [0.3, 0.4) is 0 Å². The lowest BCUT2D eigenvalue weighted by Gasteiger charge is -2.00. The highest BCUT2D eigenvalue weighted by atomic mass is 32.2. The summed E-state index contributed by atoms with van der Waals surface area (Å²) in [6.07, 6.45) is 18.3. The predicted molar refractivity (Wildman–Crippen MR) is 110 cm³/mol. The summed E-state index contributed by atoms with van der Waals surface area (Å²) in [5.41, 5.74) is 0.965. The highest BCUT2D eigenvalue weighted by molar-refractivity contribution is 7.99. The van der Waals surface area contributed by atoms with Gasteiger partial charge in [0, 0.05) is 11.9 Å². The van der Waals surface area contributed by atoms with Crippen molar-refractivity contribution < 1.29 is 14.3 Å². The fourth-order valence-electron chi connectivity index (χ4n) is 2.71. The van der Waals surface area contributed by atoms with Gasteiger partial charge in [0.2, 0.25) is 0 Å². The maximum absolute atomic E-state index is 12.2. The van der Waals surface area contributed by atoms with Gasteiger partial charge in [-0.25, -0.2) is 9.07 Å². The molecule has 1 aromatic heterocycles. The molecule has 1 heterocycles. The van der Waals surface area contributed by atoms with Crippen LogP contribution in [0.1, 0.15) is 69.9 Å². The molecule has 0 unspecified atom stereocenters. The number of aliphatic carboxylic acids is 1. The van der Waals surface area contributed by atoms with Gasteiger partial charge in [0.05, 0.1) is 18.7 Å². The molecule has 0 radical (unpaired) electrons. The van der Waals surface area contributed by atoms with Crippen LogP contribution in [0.2, 0.25) is 0 Å². The fourth-order valence-corrected chi connectivity index (χ4v) is 3.64. The summed E-state index contributed by atoms with van der Waals surface area (Å²) in [7, 11) is 0. The molecule has 1 rings (SSSR count). The standard InChI is InChI=1S/C20H34FN3O2S/c21-14-15-24-18-19(22-23-24)12-10-8-6-4-2-1-3-5-7-9-11-16-27-17-13-20(25)26/h3,5,18H,1-2,4,6-17H2,(H,25,26)/b5-3-/i21-1. The fraction of sp³-hybridized carbons (Fsp3) is 0.750. The summed E-state index contributed by atoms with van der Waals surface area (Å²) >= 11 is 1.74. The second kappa shape index (κ2) is 16.8. The second-order valence-electron chi connectivity index (χ2n) is 6.69. The Hall–Kier alpha value is -1.37. The molecule has 0 atom stereocenters. The van der Waals surface area contributed by atoms with Crippen LogP contribution in [0.4, 0.5) is 4.39 Å². The maximum Gasteiger partial charge on any atom is 0.304 e. The first-order valence-electron chi connectivity index (χ1n) is 10.1. The van der Waals surface area contributed by atoms with Crippen LogP contribution in [0.15, 0.2) is 18.3 Å². The Morgan fingerprint density at radius 2 is 1.78 bits per heavy atom. The second-order valence-corrected chi connectivity index (χ2v) is 7.92.